The van der Waals surface area contributed by atoms with Crippen LogP contribution in [0.2, 0.25) is 0 Å². The van der Waals surface area contributed by atoms with Gasteiger partial charge in [-0.3, -0.25) is 4.79 Å². The van der Waals surface area contributed by atoms with E-state index in [1.165, 1.54) is 30.4 Å². The van der Waals surface area contributed by atoms with Crippen LogP contribution in [0, 0.1) is 6.92 Å². The fourth-order valence-electron chi connectivity index (χ4n) is 3.38. The van der Waals surface area contributed by atoms with Crippen molar-refractivity contribution in [2.24, 2.45) is 5.10 Å². The van der Waals surface area contributed by atoms with E-state index in [1.807, 2.05) is 24.3 Å². The number of hydrogen-bond acceptors (Lipinski definition) is 5. The van der Waals surface area contributed by atoms with Crippen LogP contribution in [0.25, 0.3) is 10.9 Å². The molecule has 0 bridgehead atoms. The molecule has 0 N–H and O–H groups in total. The zero-order chi connectivity index (χ0) is 18.8. The molecule has 1 aliphatic rings. The Bertz CT molecular complexity index is 1050. The number of furan rings is 1. The third-order valence-electron chi connectivity index (χ3n) is 4.80. The quantitative estimate of drug-likeness (QED) is 0.582. The SMILES string of the molecule is Cc1nc2ccc(Br)cc2c(=O)n1N=Cc1ccc(N2CCCCCC2)o1. The Kier molecular flexibility index (Phi) is 5.11. The van der Waals surface area contributed by atoms with Gasteiger partial charge in [0.05, 0.1) is 17.1 Å². The molecule has 0 saturated carbocycles. The highest BCUT2D eigenvalue weighted by Gasteiger charge is 2.13. The molecule has 0 unspecified atom stereocenters. The van der Waals surface area contributed by atoms with Gasteiger partial charge in [-0.15, -0.1) is 0 Å². The maximum absolute atomic E-state index is 12.8. The summed E-state index contributed by atoms with van der Waals surface area (Å²) in [6, 6.07) is 9.31. The van der Waals surface area contributed by atoms with Gasteiger partial charge in [0.1, 0.15) is 11.6 Å². The minimum absolute atomic E-state index is 0.200. The third-order valence-corrected chi connectivity index (χ3v) is 5.29. The van der Waals surface area contributed by atoms with Crippen LogP contribution in [0.4, 0.5) is 5.88 Å². The topological polar surface area (TPSA) is 63.6 Å². The maximum atomic E-state index is 12.8. The highest BCUT2D eigenvalue weighted by molar-refractivity contribution is 9.10. The molecule has 0 atom stereocenters. The summed E-state index contributed by atoms with van der Waals surface area (Å²) < 4.78 is 8.06. The van der Waals surface area contributed by atoms with Gasteiger partial charge in [0.25, 0.3) is 5.56 Å². The molecule has 1 aliphatic heterocycles. The van der Waals surface area contributed by atoms with Crippen molar-refractivity contribution in [2.75, 3.05) is 18.0 Å². The summed E-state index contributed by atoms with van der Waals surface area (Å²) in [5.41, 5.74) is 0.461. The maximum Gasteiger partial charge on any atom is 0.282 e. The number of aromatic nitrogens is 2. The third kappa shape index (κ3) is 3.83. The molecule has 27 heavy (non-hydrogen) atoms. The van der Waals surface area contributed by atoms with Crippen LogP contribution in [-0.2, 0) is 0 Å². The van der Waals surface area contributed by atoms with E-state index in [1.54, 1.807) is 19.2 Å². The molecule has 0 spiro atoms. The van der Waals surface area contributed by atoms with Crippen LogP contribution in [0.5, 0.6) is 0 Å². The van der Waals surface area contributed by atoms with Crippen molar-refractivity contribution in [3.05, 3.63) is 56.7 Å². The number of anilines is 1. The number of nitrogens with zero attached hydrogens (tertiary/aromatic N) is 4. The van der Waals surface area contributed by atoms with Crippen molar-refractivity contribution in [1.82, 2.24) is 9.66 Å². The van der Waals surface area contributed by atoms with E-state index < -0.39 is 0 Å². The first-order valence-corrected chi connectivity index (χ1v) is 9.99. The lowest BCUT2D eigenvalue weighted by atomic mass is 10.2. The second-order valence-corrected chi connectivity index (χ2v) is 7.67. The van der Waals surface area contributed by atoms with Gasteiger partial charge >= 0.3 is 0 Å². The van der Waals surface area contributed by atoms with E-state index in [0.717, 1.165) is 23.4 Å². The van der Waals surface area contributed by atoms with Crippen molar-refractivity contribution >= 4 is 38.9 Å². The minimum Gasteiger partial charge on any atom is -0.440 e. The van der Waals surface area contributed by atoms with Gasteiger partial charge < -0.3 is 9.32 Å². The summed E-state index contributed by atoms with van der Waals surface area (Å²) in [5, 5.41) is 4.85. The predicted octanol–water partition coefficient (Wildman–Crippen LogP) is 4.32. The van der Waals surface area contributed by atoms with E-state index in [4.69, 9.17) is 4.42 Å². The molecule has 140 valence electrons. The normalized spacial score (nSPS) is 15.6. The smallest absolute Gasteiger partial charge is 0.282 e. The molecular weight excluding hydrogens is 408 g/mol. The number of halogens is 1. The number of rotatable bonds is 3. The second kappa shape index (κ2) is 7.68. The van der Waals surface area contributed by atoms with Crippen LogP contribution in [0.15, 0.2) is 49.1 Å². The summed E-state index contributed by atoms with van der Waals surface area (Å²) >= 11 is 3.40. The van der Waals surface area contributed by atoms with Crippen LogP contribution in [0.1, 0.15) is 37.3 Å². The molecule has 1 aromatic carbocycles. The molecule has 2 aromatic heterocycles. The van der Waals surface area contributed by atoms with E-state index >= 15 is 0 Å². The van der Waals surface area contributed by atoms with Crippen LogP contribution in [0.3, 0.4) is 0 Å². The summed E-state index contributed by atoms with van der Waals surface area (Å²) in [6.45, 7) is 3.81. The second-order valence-electron chi connectivity index (χ2n) is 6.76. The Morgan fingerprint density at radius 3 is 2.70 bits per heavy atom. The van der Waals surface area contributed by atoms with Gasteiger partial charge in [0, 0.05) is 23.6 Å². The lowest BCUT2D eigenvalue weighted by molar-refractivity contribution is 0.537. The van der Waals surface area contributed by atoms with E-state index in [-0.39, 0.29) is 5.56 Å². The van der Waals surface area contributed by atoms with Crippen LogP contribution < -0.4 is 10.5 Å². The zero-order valence-corrected chi connectivity index (χ0v) is 16.8. The fourth-order valence-corrected chi connectivity index (χ4v) is 3.74. The predicted molar refractivity (Wildman–Crippen MR) is 111 cm³/mol. The summed E-state index contributed by atoms with van der Waals surface area (Å²) in [5.74, 6) is 2.02. The number of aryl methyl sites for hydroxylation is 1. The molecular formula is C20H21BrN4O2. The van der Waals surface area contributed by atoms with Crippen molar-refractivity contribution in [1.29, 1.82) is 0 Å². The molecule has 0 aliphatic carbocycles. The molecule has 6 nitrogen and oxygen atoms in total. The Balaban J connectivity index is 1.62. The lowest BCUT2D eigenvalue weighted by Crippen LogP contribution is -2.23. The highest BCUT2D eigenvalue weighted by atomic mass is 79.9. The van der Waals surface area contributed by atoms with Crippen LogP contribution >= 0.6 is 15.9 Å². The molecule has 1 fully saturated rings. The van der Waals surface area contributed by atoms with Crippen molar-refractivity contribution in [3.63, 3.8) is 0 Å². The molecule has 7 heteroatoms. The van der Waals surface area contributed by atoms with Gasteiger partial charge in [-0.1, -0.05) is 28.8 Å². The fraction of sp³-hybridized carbons (Fsp3) is 0.350. The molecule has 0 radical (unpaired) electrons. The molecule has 1 saturated heterocycles. The monoisotopic (exact) mass is 428 g/mol. The first-order valence-electron chi connectivity index (χ1n) is 9.20. The number of benzene rings is 1. The van der Waals surface area contributed by atoms with Crippen molar-refractivity contribution in [3.8, 4) is 0 Å². The first kappa shape index (κ1) is 18.0. The minimum atomic E-state index is -0.200. The molecule has 3 aromatic rings. The number of hydrogen-bond donors (Lipinski definition) is 0. The first-order chi connectivity index (χ1) is 13.1. The largest absolute Gasteiger partial charge is 0.440 e. The Labute approximate surface area is 165 Å². The number of fused-ring (bicyclic) bond motifs is 1. The van der Waals surface area contributed by atoms with E-state index in [9.17, 15) is 4.79 Å². The van der Waals surface area contributed by atoms with Crippen molar-refractivity contribution in [2.45, 2.75) is 32.6 Å². The van der Waals surface area contributed by atoms with Gasteiger partial charge in [0.2, 0.25) is 0 Å². The molecule has 3 heterocycles. The van der Waals surface area contributed by atoms with Gasteiger partial charge in [-0.25, -0.2) is 4.98 Å². The summed E-state index contributed by atoms with van der Waals surface area (Å²) in [7, 11) is 0. The van der Waals surface area contributed by atoms with E-state index in [2.05, 4.69) is 30.9 Å². The highest BCUT2D eigenvalue weighted by Crippen LogP contribution is 2.21. The van der Waals surface area contributed by atoms with Gasteiger partial charge in [-0.05, 0) is 44.0 Å². The standard InChI is InChI=1S/C20H21BrN4O2/c1-14-23-18-8-6-15(21)12-17(18)20(26)25(14)22-13-16-7-9-19(27-16)24-10-4-2-3-5-11-24/h6-9,12-13H,2-5,10-11H2,1H3. The zero-order valence-electron chi connectivity index (χ0n) is 15.2. The van der Waals surface area contributed by atoms with Crippen LogP contribution in [-0.4, -0.2) is 29.0 Å². The molecule has 4 rings (SSSR count). The van der Waals surface area contributed by atoms with Gasteiger partial charge in [-0.2, -0.15) is 9.78 Å². The Morgan fingerprint density at radius 2 is 1.93 bits per heavy atom. The molecule has 0 amide bonds. The average Bonchev–Trinajstić information content (AvgIpc) is 2.95. The van der Waals surface area contributed by atoms with Gasteiger partial charge in [0.15, 0.2) is 5.88 Å². The Morgan fingerprint density at radius 1 is 1.15 bits per heavy atom. The van der Waals surface area contributed by atoms with Crippen molar-refractivity contribution < 1.29 is 4.42 Å². The Hall–Kier alpha value is -2.41. The lowest BCUT2D eigenvalue weighted by Gasteiger charge is -2.18. The summed E-state index contributed by atoms with van der Waals surface area (Å²) in [4.78, 5) is 19.5. The average molecular weight is 429 g/mol. The van der Waals surface area contributed by atoms with E-state index in [0.29, 0.717) is 22.5 Å². The summed E-state index contributed by atoms with van der Waals surface area (Å²) in [6.07, 6.45) is 6.51.